The predicted octanol–water partition coefficient (Wildman–Crippen LogP) is 1.93. The number of ether oxygens (including phenoxy) is 1. The first-order valence-electron chi connectivity index (χ1n) is 10.5. The molecule has 0 radical (unpaired) electrons. The van der Waals surface area contributed by atoms with Crippen LogP contribution in [0.2, 0.25) is 0 Å². The van der Waals surface area contributed by atoms with Gasteiger partial charge in [-0.15, -0.1) is 5.10 Å². The zero-order valence-electron chi connectivity index (χ0n) is 17.8. The van der Waals surface area contributed by atoms with Gasteiger partial charge in [0.1, 0.15) is 6.17 Å². The zero-order chi connectivity index (χ0) is 22.1. The smallest absolute Gasteiger partial charge is 0.410 e. The van der Waals surface area contributed by atoms with Crippen molar-refractivity contribution in [2.75, 3.05) is 13.1 Å². The molecule has 1 saturated carbocycles. The molecule has 0 spiro atoms. The molecule has 166 valence electrons. The summed E-state index contributed by atoms with van der Waals surface area (Å²) >= 11 is 0. The summed E-state index contributed by atoms with van der Waals surface area (Å²) in [5.74, 6) is 0.826. The van der Waals surface area contributed by atoms with Gasteiger partial charge in [0.2, 0.25) is 0 Å². The van der Waals surface area contributed by atoms with Crippen LogP contribution in [0.3, 0.4) is 0 Å². The summed E-state index contributed by atoms with van der Waals surface area (Å²) in [5, 5.41) is 11.3. The first-order chi connectivity index (χ1) is 14.8. The molecule has 1 aliphatic heterocycles. The number of hydrogen-bond donors (Lipinski definition) is 0. The number of nitrogens with zero attached hydrogens (tertiary/aromatic N) is 7. The number of amides is 2. The molecule has 2 atom stereocenters. The van der Waals surface area contributed by atoms with Crippen LogP contribution in [0.1, 0.15) is 49.3 Å². The van der Waals surface area contributed by atoms with Crippen LogP contribution in [0.15, 0.2) is 18.3 Å². The van der Waals surface area contributed by atoms with E-state index in [1.165, 1.54) is 15.8 Å². The van der Waals surface area contributed by atoms with Gasteiger partial charge in [-0.05, 0) is 62.6 Å². The number of likely N-dealkylation sites (tertiary alicyclic amines) is 1. The van der Waals surface area contributed by atoms with Crippen molar-refractivity contribution in [3.05, 3.63) is 29.7 Å². The number of tetrazole rings is 1. The van der Waals surface area contributed by atoms with Crippen molar-refractivity contribution in [2.45, 2.75) is 64.4 Å². The van der Waals surface area contributed by atoms with E-state index in [0.717, 1.165) is 12.8 Å². The Morgan fingerprint density at radius 1 is 1.26 bits per heavy atom. The number of carbonyl (C=O) groups excluding carboxylic acids is 2. The van der Waals surface area contributed by atoms with Gasteiger partial charge in [-0.1, -0.05) is 0 Å². The maximum atomic E-state index is 15.1. The summed E-state index contributed by atoms with van der Waals surface area (Å²) in [7, 11) is 0. The maximum Gasteiger partial charge on any atom is 0.410 e. The molecule has 2 aliphatic rings. The van der Waals surface area contributed by atoms with Gasteiger partial charge in [-0.25, -0.2) is 14.2 Å². The second-order valence-corrected chi connectivity index (χ2v) is 8.24. The fraction of sp³-hybridized carbons (Fsp3) is 0.600. The van der Waals surface area contributed by atoms with Crippen molar-refractivity contribution in [3.8, 4) is 5.82 Å². The average Bonchev–Trinajstić information content (AvgIpc) is 3.48. The molecule has 1 aliphatic carbocycles. The van der Waals surface area contributed by atoms with Gasteiger partial charge in [0.25, 0.3) is 5.91 Å². The molecule has 0 unspecified atom stereocenters. The first kappa shape index (κ1) is 21.1. The highest BCUT2D eigenvalue weighted by molar-refractivity contribution is 5.94. The number of aryl methyl sites for hydroxylation is 1. The summed E-state index contributed by atoms with van der Waals surface area (Å²) < 4.78 is 21.8. The molecular formula is C20H26FN7O3. The molecule has 0 N–H and O–H groups in total. The van der Waals surface area contributed by atoms with E-state index >= 15 is 4.39 Å². The van der Waals surface area contributed by atoms with Crippen LogP contribution in [0, 0.1) is 6.92 Å². The molecule has 1 saturated heterocycles. The van der Waals surface area contributed by atoms with Crippen molar-refractivity contribution < 1.29 is 18.7 Å². The van der Waals surface area contributed by atoms with Gasteiger partial charge in [-0.3, -0.25) is 4.79 Å². The summed E-state index contributed by atoms with van der Waals surface area (Å²) in [4.78, 5) is 32.7. The van der Waals surface area contributed by atoms with Crippen molar-refractivity contribution in [2.24, 2.45) is 0 Å². The van der Waals surface area contributed by atoms with E-state index in [-0.39, 0.29) is 24.6 Å². The second-order valence-electron chi connectivity index (χ2n) is 8.24. The highest BCUT2D eigenvalue weighted by atomic mass is 19.1. The lowest BCUT2D eigenvalue weighted by atomic mass is 10.00. The number of piperidine rings is 1. The van der Waals surface area contributed by atoms with Gasteiger partial charge >= 0.3 is 6.09 Å². The minimum absolute atomic E-state index is 0.0198. The van der Waals surface area contributed by atoms with Gasteiger partial charge in [0, 0.05) is 18.8 Å². The van der Waals surface area contributed by atoms with Crippen LogP contribution in [0.5, 0.6) is 0 Å². The van der Waals surface area contributed by atoms with Crippen LogP contribution in [0.25, 0.3) is 5.82 Å². The Morgan fingerprint density at radius 3 is 2.58 bits per heavy atom. The van der Waals surface area contributed by atoms with Crippen LogP contribution >= 0.6 is 0 Å². The summed E-state index contributed by atoms with van der Waals surface area (Å²) in [6.07, 6.45) is 1.42. The number of hydrogen-bond acceptors (Lipinski definition) is 7. The van der Waals surface area contributed by atoms with Crippen LogP contribution in [-0.4, -0.2) is 84.4 Å². The third kappa shape index (κ3) is 4.49. The SMILES string of the molecule is Cc1nnnn1-c1ccc(C(=O)N(C2CC2)[C@@H]2CCN(C(=O)OC(C)C)C[C@@H]2F)cn1. The Morgan fingerprint density at radius 2 is 2.03 bits per heavy atom. The Bertz CT molecular complexity index is 945. The van der Waals surface area contributed by atoms with Gasteiger partial charge in [-0.2, -0.15) is 4.68 Å². The molecule has 11 heteroatoms. The zero-order valence-corrected chi connectivity index (χ0v) is 17.8. The van der Waals surface area contributed by atoms with Crippen molar-refractivity contribution >= 4 is 12.0 Å². The minimum Gasteiger partial charge on any atom is -0.447 e. The van der Waals surface area contributed by atoms with Gasteiger partial charge in [0.05, 0.1) is 24.3 Å². The molecule has 10 nitrogen and oxygen atoms in total. The van der Waals surface area contributed by atoms with E-state index in [4.69, 9.17) is 4.74 Å². The molecule has 2 aromatic heterocycles. The minimum atomic E-state index is -1.34. The summed E-state index contributed by atoms with van der Waals surface area (Å²) in [6, 6.07) is 2.76. The second kappa shape index (κ2) is 8.56. The third-order valence-corrected chi connectivity index (χ3v) is 5.47. The lowest BCUT2D eigenvalue weighted by molar-refractivity contribution is 0.0153. The standard InChI is InChI=1S/C20H26FN7O3/c1-12(2)31-20(30)26-9-8-17(16(21)11-26)27(15-5-6-15)19(29)14-4-7-18(22-10-14)28-13(3)23-24-25-28/h4,7,10,12,15-17H,5-6,8-9,11H2,1-3H3/t16-,17+/m0/s1. The Balaban J connectivity index is 1.47. The Labute approximate surface area is 179 Å². The van der Waals surface area contributed by atoms with Gasteiger partial charge in [0.15, 0.2) is 11.6 Å². The molecule has 4 rings (SSSR count). The van der Waals surface area contributed by atoms with E-state index in [9.17, 15) is 9.59 Å². The Kier molecular flexibility index (Phi) is 5.84. The number of alkyl halides is 1. The maximum absolute atomic E-state index is 15.1. The summed E-state index contributed by atoms with van der Waals surface area (Å²) in [6.45, 7) is 5.53. The highest BCUT2D eigenvalue weighted by Crippen LogP contribution is 2.34. The number of halogens is 1. The van der Waals surface area contributed by atoms with E-state index < -0.39 is 18.3 Å². The molecule has 3 heterocycles. The van der Waals surface area contributed by atoms with Crippen LogP contribution in [-0.2, 0) is 4.74 Å². The third-order valence-electron chi connectivity index (χ3n) is 5.47. The van der Waals surface area contributed by atoms with Crippen LogP contribution < -0.4 is 0 Å². The molecule has 2 amide bonds. The highest BCUT2D eigenvalue weighted by Gasteiger charge is 2.44. The van der Waals surface area contributed by atoms with Crippen molar-refractivity contribution in [3.63, 3.8) is 0 Å². The fourth-order valence-corrected chi connectivity index (χ4v) is 3.82. The van der Waals surface area contributed by atoms with E-state index in [0.29, 0.717) is 30.2 Å². The monoisotopic (exact) mass is 431 g/mol. The molecule has 0 bridgehead atoms. The number of aromatic nitrogens is 5. The van der Waals surface area contributed by atoms with Gasteiger partial charge < -0.3 is 14.5 Å². The van der Waals surface area contributed by atoms with E-state index in [2.05, 4.69) is 20.5 Å². The first-order valence-corrected chi connectivity index (χ1v) is 10.5. The average molecular weight is 431 g/mol. The molecule has 0 aromatic carbocycles. The van der Waals surface area contributed by atoms with E-state index in [1.807, 2.05) is 0 Å². The molecular weight excluding hydrogens is 405 g/mol. The summed E-state index contributed by atoms with van der Waals surface area (Å²) in [5.41, 5.74) is 0.384. The Hall–Kier alpha value is -3.11. The predicted molar refractivity (Wildman–Crippen MR) is 107 cm³/mol. The van der Waals surface area contributed by atoms with Crippen LogP contribution in [0.4, 0.5) is 9.18 Å². The molecule has 31 heavy (non-hydrogen) atoms. The molecule has 2 fully saturated rings. The molecule has 2 aromatic rings. The van der Waals surface area contributed by atoms with Crippen molar-refractivity contribution in [1.29, 1.82) is 0 Å². The number of carbonyl (C=O) groups is 2. The number of pyridine rings is 1. The topological polar surface area (TPSA) is 106 Å². The van der Waals surface area contributed by atoms with E-state index in [1.54, 1.807) is 37.8 Å². The largest absolute Gasteiger partial charge is 0.447 e. The lowest BCUT2D eigenvalue weighted by Crippen LogP contribution is -2.56. The fourth-order valence-electron chi connectivity index (χ4n) is 3.82. The lowest BCUT2D eigenvalue weighted by Gasteiger charge is -2.40. The number of rotatable bonds is 5. The quantitative estimate of drug-likeness (QED) is 0.712. The van der Waals surface area contributed by atoms with Crippen molar-refractivity contribution in [1.82, 2.24) is 35.0 Å². The normalized spacial score (nSPS) is 21.3.